The van der Waals surface area contributed by atoms with E-state index < -0.39 is 0 Å². The van der Waals surface area contributed by atoms with E-state index in [1.165, 1.54) is 0 Å². The van der Waals surface area contributed by atoms with Crippen LogP contribution in [-0.2, 0) is 0 Å². The summed E-state index contributed by atoms with van der Waals surface area (Å²) >= 11 is 12.2. The molecule has 0 atom stereocenters. The lowest BCUT2D eigenvalue weighted by molar-refractivity contribution is 0.453. The van der Waals surface area contributed by atoms with Gasteiger partial charge >= 0.3 is 0 Å². The monoisotopic (exact) mass is 345 g/mol. The molecular formula is C17H13Cl2N3O. The summed E-state index contributed by atoms with van der Waals surface area (Å²) in [6.07, 6.45) is 3.32. The average Bonchev–Trinajstić information content (AvgIpc) is 2.52. The number of benzene rings is 1. The van der Waals surface area contributed by atoms with Crippen LogP contribution in [0.3, 0.4) is 0 Å². The topological polar surface area (TPSA) is 47.9 Å². The summed E-state index contributed by atoms with van der Waals surface area (Å²) in [5, 5.41) is 1.12. The van der Waals surface area contributed by atoms with E-state index in [1.54, 1.807) is 36.7 Å². The van der Waals surface area contributed by atoms with Crippen LogP contribution in [0.15, 0.2) is 42.7 Å². The number of pyridine rings is 1. The van der Waals surface area contributed by atoms with E-state index >= 15 is 0 Å². The number of nitrogens with zero attached hydrogens (tertiary/aromatic N) is 3. The summed E-state index contributed by atoms with van der Waals surface area (Å²) < 4.78 is 5.76. The summed E-state index contributed by atoms with van der Waals surface area (Å²) in [5.74, 6) is 1.12. The van der Waals surface area contributed by atoms with Crippen LogP contribution in [0.2, 0.25) is 10.0 Å². The molecule has 2 aromatic heterocycles. The molecule has 0 aliphatic rings. The Kier molecular flexibility index (Phi) is 4.46. The molecule has 116 valence electrons. The molecule has 0 aliphatic heterocycles. The van der Waals surface area contributed by atoms with Crippen LogP contribution in [0.4, 0.5) is 0 Å². The summed E-state index contributed by atoms with van der Waals surface area (Å²) in [5.41, 5.74) is 2.91. The van der Waals surface area contributed by atoms with Crippen molar-refractivity contribution in [2.24, 2.45) is 0 Å². The molecule has 0 bridgehead atoms. The molecule has 6 heteroatoms. The fraction of sp³-hybridized carbons (Fsp3) is 0.118. The maximum absolute atomic E-state index is 6.27. The second-order valence-electron chi connectivity index (χ2n) is 4.96. The molecule has 0 unspecified atom stereocenters. The Labute approximate surface area is 144 Å². The fourth-order valence-corrected chi connectivity index (χ4v) is 2.63. The SMILES string of the molecule is Cc1nc(-c2ccc(Cl)cc2Cl)c(C)nc1Oc1ccncc1. The third-order valence-corrected chi connectivity index (χ3v) is 3.80. The zero-order chi connectivity index (χ0) is 16.4. The van der Waals surface area contributed by atoms with Gasteiger partial charge in [0.05, 0.1) is 16.4 Å². The predicted octanol–water partition coefficient (Wildman–Crippen LogP) is 5.25. The van der Waals surface area contributed by atoms with Gasteiger partial charge in [0.2, 0.25) is 5.88 Å². The van der Waals surface area contributed by atoms with Crippen molar-refractivity contribution in [3.63, 3.8) is 0 Å². The molecule has 0 saturated carbocycles. The Morgan fingerprint density at radius 3 is 2.35 bits per heavy atom. The predicted molar refractivity (Wildman–Crippen MR) is 91.3 cm³/mol. The van der Waals surface area contributed by atoms with Gasteiger partial charge in [0.25, 0.3) is 0 Å². The Hall–Kier alpha value is -2.17. The third-order valence-electron chi connectivity index (χ3n) is 3.25. The highest BCUT2D eigenvalue weighted by Gasteiger charge is 2.14. The third kappa shape index (κ3) is 3.44. The average molecular weight is 346 g/mol. The molecule has 0 radical (unpaired) electrons. The van der Waals surface area contributed by atoms with Gasteiger partial charge in [-0.1, -0.05) is 23.2 Å². The van der Waals surface area contributed by atoms with Crippen LogP contribution >= 0.6 is 23.2 Å². The van der Waals surface area contributed by atoms with Gasteiger partial charge in [-0.25, -0.2) is 9.97 Å². The summed E-state index contributed by atoms with van der Waals surface area (Å²) in [4.78, 5) is 13.1. The maximum Gasteiger partial charge on any atom is 0.241 e. The normalized spacial score (nSPS) is 10.6. The second kappa shape index (κ2) is 6.52. The minimum atomic E-state index is 0.461. The van der Waals surface area contributed by atoms with E-state index in [-0.39, 0.29) is 0 Å². The lowest BCUT2D eigenvalue weighted by atomic mass is 10.1. The van der Waals surface area contributed by atoms with Crippen molar-refractivity contribution in [2.75, 3.05) is 0 Å². The number of ether oxygens (including phenoxy) is 1. The molecule has 0 saturated heterocycles. The second-order valence-corrected chi connectivity index (χ2v) is 5.80. The first kappa shape index (κ1) is 15.7. The van der Waals surface area contributed by atoms with E-state index in [0.29, 0.717) is 33.1 Å². The van der Waals surface area contributed by atoms with Crippen molar-refractivity contribution < 1.29 is 4.74 Å². The minimum absolute atomic E-state index is 0.461. The Bertz CT molecular complexity index is 854. The summed E-state index contributed by atoms with van der Waals surface area (Å²) in [6.45, 7) is 3.71. The van der Waals surface area contributed by atoms with Gasteiger partial charge in [0.1, 0.15) is 11.4 Å². The van der Waals surface area contributed by atoms with E-state index in [1.807, 2.05) is 19.9 Å². The highest BCUT2D eigenvalue weighted by molar-refractivity contribution is 6.36. The van der Waals surface area contributed by atoms with Gasteiger partial charge in [0, 0.05) is 23.0 Å². The van der Waals surface area contributed by atoms with Gasteiger partial charge in [-0.3, -0.25) is 4.98 Å². The van der Waals surface area contributed by atoms with E-state index in [9.17, 15) is 0 Å². The van der Waals surface area contributed by atoms with Crippen molar-refractivity contribution in [1.29, 1.82) is 0 Å². The standard InChI is InChI=1S/C17H13Cl2N3O/c1-10-16(14-4-3-12(18)9-15(14)19)21-11(2)17(22-10)23-13-5-7-20-8-6-13/h3-9H,1-2H3. The van der Waals surface area contributed by atoms with Crippen LogP contribution in [0.25, 0.3) is 11.3 Å². The van der Waals surface area contributed by atoms with Crippen LogP contribution < -0.4 is 4.74 Å². The molecule has 2 heterocycles. The zero-order valence-corrected chi connectivity index (χ0v) is 14.1. The molecule has 23 heavy (non-hydrogen) atoms. The molecule has 1 aromatic carbocycles. The van der Waals surface area contributed by atoms with E-state index in [2.05, 4.69) is 15.0 Å². The number of hydrogen-bond donors (Lipinski definition) is 0. The van der Waals surface area contributed by atoms with Crippen molar-refractivity contribution >= 4 is 23.2 Å². The quantitative estimate of drug-likeness (QED) is 0.649. The molecule has 3 rings (SSSR count). The van der Waals surface area contributed by atoms with Crippen LogP contribution in [0, 0.1) is 13.8 Å². The Morgan fingerprint density at radius 1 is 0.913 bits per heavy atom. The smallest absolute Gasteiger partial charge is 0.241 e. The number of halogens is 2. The van der Waals surface area contributed by atoms with Crippen LogP contribution in [0.1, 0.15) is 11.4 Å². The minimum Gasteiger partial charge on any atom is -0.437 e. The van der Waals surface area contributed by atoms with Gasteiger partial charge in [-0.05, 0) is 44.2 Å². The largest absolute Gasteiger partial charge is 0.437 e. The lowest BCUT2D eigenvalue weighted by Crippen LogP contribution is -2.00. The zero-order valence-electron chi connectivity index (χ0n) is 12.5. The molecule has 0 amide bonds. The highest BCUT2D eigenvalue weighted by atomic mass is 35.5. The van der Waals surface area contributed by atoms with Gasteiger partial charge in [-0.2, -0.15) is 0 Å². The molecule has 0 spiro atoms. The highest BCUT2D eigenvalue weighted by Crippen LogP contribution is 2.32. The van der Waals surface area contributed by atoms with Gasteiger partial charge < -0.3 is 4.74 Å². The molecule has 3 aromatic rings. The van der Waals surface area contributed by atoms with Crippen molar-refractivity contribution in [3.05, 3.63) is 64.2 Å². The van der Waals surface area contributed by atoms with Crippen molar-refractivity contribution in [1.82, 2.24) is 15.0 Å². The summed E-state index contributed by atoms with van der Waals surface area (Å²) in [6, 6.07) is 8.84. The lowest BCUT2D eigenvalue weighted by Gasteiger charge is -2.12. The fourth-order valence-electron chi connectivity index (χ4n) is 2.13. The van der Waals surface area contributed by atoms with Crippen molar-refractivity contribution in [3.8, 4) is 22.9 Å². The number of hydrogen-bond acceptors (Lipinski definition) is 4. The number of aryl methyl sites for hydroxylation is 2. The van der Waals surface area contributed by atoms with Crippen LogP contribution in [-0.4, -0.2) is 15.0 Å². The van der Waals surface area contributed by atoms with Crippen LogP contribution in [0.5, 0.6) is 11.6 Å². The maximum atomic E-state index is 6.27. The van der Waals surface area contributed by atoms with Crippen molar-refractivity contribution in [2.45, 2.75) is 13.8 Å². The Balaban J connectivity index is 2.00. The molecule has 0 aliphatic carbocycles. The first-order valence-electron chi connectivity index (χ1n) is 6.93. The van der Waals surface area contributed by atoms with Gasteiger partial charge in [-0.15, -0.1) is 0 Å². The molecule has 4 nitrogen and oxygen atoms in total. The van der Waals surface area contributed by atoms with Gasteiger partial charge in [0.15, 0.2) is 0 Å². The number of rotatable bonds is 3. The molecule has 0 N–H and O–H groups in total. The molecule has 0 fully saturated rings. The van der Waals surface area contributed by atoms with E-state index in [0.717, 1.165) is 11.3 Å². The summed E-state index contributed by atoms with van der Waals surface area (Å²) in [7, 11) is 0. The first-order valence-corrected chi connectivity index (χ1v) is 7.69. The van der Waals surface area contributed by atoms with E-state index in [4.69, 9.17) is 27.9 Å². The Morgan fingerprint density at radius 2 is 1.65 bits per heavy atom. The first-order chi connectivity index (χ1) is 11.0. The number of aromatic nitrogens is 3. The molecular weight excluding hydrogens is 333 g/mol.